The average molecular weight is 1070 g/mol. The smallest absolute Gasteiger partial charge is 0.247 e. The summed E-state index contributed by atoms with van der Waals surface area (Å²) in [5.41, 5.74) is 26.2. The zero-order valence-corrected chi connectivity index (χ0v) is 49.3. The number of aryl methyl sites for hydroxylation is 1. The number of anilines is 8. The van der Waals surface area contributed by atoms with Crippen molar-refractivity contribution in [2.24, 2.45) is 0 Å². The van der Waals surface area contributed by atoms with E-state index in [2.05, 4.69) is 296 Å². The second kappa shape index (κ2) is 20.6. The van der Waals surface area contributed by atoms with Gasteiger partial charge in [-0.3, -0.25) is 0 Å². The summed E-state index contributed by atoms with van der Waals surface area (Å²) in [5.74, 6) is 0.912. The standard InChI is InChI=1S/C76H74BN3O2/c1-50-41-69-73-70(42-50)80(66-38-35-58(76(8,9)10)46-63(66)53-21-14-11-15-22-53)68-49-72-71(81-39-20-40-82-72)48-65(68)77(73)64-37-36-61(78(59-23-16-12-17-24-59)60-25-18-13-19-26-60)47-67(64)79(69)62-44-54(51-27-31-56(32-28-51)74(2,3)4)43-55(45-62)52-29-33-57(34-30-52)75(5,6)7/h11-19,21-38,41-47,49,71H,20,39-40,48H2,1-10H3. The van der Waals surface area contributed by atoms with E-state index in [9.17, 15) is 0 Å². The van der Waals surface area contributed by atoms with E-state index < -0.39 is 0 Å². The van der Waals surface area contributed by atoms with E-state index in [0.717, 1.165) is 63.1 Å². The molecule has 408 valence electrons. The van der Waals surface area contributed by atoms with Crippen LogP contribution in [0.25, 0.3) is 33.4 Å². The van der Waals surface area contributed by atoms with Crippen molar-refractivity contribution in [1.82, 2.24) is 0 Å². The molecule has 1 fully saturated rings. The Morgan fingerprint density at radius 1 is 0.463 bits per heavy atom. The van der Waals surface area contributed by atoms with Gasteiger partial charge in [0.25, 0.3) is 0 Å². The predicted octanol–water partition coefficient (Wildman–Crippen LogP) is 18.8. The molecule has 13 rings (SSSR count). The van der Waals surface area contributed by atoms with Crippen LogP contribution in [0.1, 0.15) is 97.4 Å². The lowest BCUT2D eigenvalue weighted by Gasteiger charge is -2.47. The second-order valence-electron chi connectivity index (χ2n) is 26.1. The van der Waals surface area contributed by atoms with Gasteiger partial charge in [-0.25, -0.2) is 0 Å². The Balaban J connectivity index is 1.12. The van der Waals surface area contributed by atoms with Crippen LogP contribution in [0.2, 0.25) is 0 Å². The van der Waals surface area contributed by atoms with Gasteiger partial charge in [0, 0.05) is 63.6 Å². The van der Waals surface area contributed by atoms with E-state index in [1.807, 2.05) is 0 Å². The highest BCUT2D eigenvalue weighted by atomic mass is 16.5. The van der Waals surface area contributed by atoms with Crippen LogP contribution >= 0.6 is 0 Å². The van der Waals surface area contributed by atoms with E-state index in [-0.39, 0.29) is 29.1 Å². The van der Waals surface area contributed by atoms with Gasteiger partial charge >= 0.3 is 0 Å². The van der Waals surface area contributed by atoms with Gasteiger partial charge in [0.1, 0.15) is 11.9 Å². The first-order valence-corrected chi connectivity index (χ1v) is 29.5. The maximum atomic E-state index is 6.82. The largest absolute Gasteiger partial charge is 0.495 e. The van der Waals surface area contributed by atoms with Crippen LogP contribution in [0.3, 0.4) is 0 Å². The Morgan fingerprint density at radius 3 is 1.59 bits per heavy atom. The number of nitrogens with zero attached hydrogens (tertiary/aromatic N) is 3. The summed E-state index contributed by atoms with van der Waals surface area (Å²) in [5, 5.41) is 0. The fourth-order valence-electron chi connectivity index (χ4n) is 12.8. The van der Waals surface area contributed by atoms with Gasteiger partial charge in [0.2, 0.25) is 6.71 Å². The summed E-state index contributed by atoms with van der Waals surface area (Å²) < 4.78 is 13.5. The minimum Gasteiger partial charge on any atom is -0.495 e. The molecule has 0 amide bonds. The number of benzene rings is 9. The Bertz CT molecular complexity index is 3820. The molecular weight excluding hydrogens is 998 g/mol. The van der Waals surface area contributed by atoms with Crippen LogP contribution in [0, 0.1) is 6.92 Å². The highest BCUT2D eigenvalue weighted by Gasteiger charge is 2.47. The van der Waals surface area contributed by atoms with Gasteiger partial charge in [-0.2, -0.15) is 0 Å². The number of allylic oxidation sites excluding steroid dienone is 1. The quantitative estimate of drug-likeness (QED) is 0.141. The Kier molecular flexibility index (Phi) is 13.3. The molecule has 3 heterocycles. The number of hydrogen-bond acceptors (Lipinski definition) is 5. The van der Waals surface area contributed by atoms with E-state index in [4.69, 9.17) is 9.47 Å². The lowest BCUT2D eigenvalue weighted by molar-refractivity contribution is 0.0679. The van der Waals surface area contributed by atoms with Gasteiger partial charge in [-0.15, -0.1) is 0 Å². The maximum Gasteiger partial charge on any atom is 0.247 e. The SMILES string of the molecule is Cc1cc2c3c(c1)N(c1cc(-c4ccc(C(C)(C)C)cc4)cc(-c4ccc(C(C)(C)C)cc4)c1)c1cc(N(c4ccccc4)c4ccccc4)ccc1B3C1=C(C=C3OCCCOC3C1)N2c1ccc(C(C)(C)C)cc1-c1ccccc1. The lowest BCUT2D eigenvalue weighted by atomic mass is 9.32. The molecule has 5 nitrogen and oxygen atoms in total. The lowest BCUT2D eigenvalue weighted by Crippen LogP contribution is -2.57. The molecule has 0 N–H and O–H groups in total. The van der Waals surface area contributed by atoms with Crippen molar-refractivity contribution >= 4 is 63.1 Å². The number of para-hydroxylation sites is 2. The number of ether oxygens (including phenoxy) is 2. The molecule has 6 heteroatoms. The first-order valence-electron chi connectivity index (χ1n) is 29.5. The van der Waals surface area contributed by atoms with Gasteiger partial charge in [-0.05, 0) is 169 Å². The minimum absolute atomic E-state index is 0.0223. The molecule has 1 saturated heterocycles. The molecule has 0 aromatic heterocycles. The fraction of sp³-hybridized carbons (Fsp3) is 0.237. The third kappa shape index (κ3) is 9.75. The van der Waals surface area contributed by atoms with Crippen LogP contribution < -0.4 is 25.6 Å². The van der Waals surface area contributed by atoms with E-state index in [0.29, 0.717) is 19.6 Å². The van der Waals surface area contributed by atoms with Crippen molar-refractivity contribution in [3.63, 3.8) is 0 Å². The van der Waals surface area contributed by atoms with Crippen molar-refractivity contribution in [2.75, 3.05) is 27.9 Å². The molecule has 9 aromatic rings. The van der Waals surface area contributed by atoms with Crippen molar-refractivity contribution in [2.45, 2.75) is 104 Å². The zero-order valence-electron chi connectivity index (χ0n) is 49.3. The molecule has 1 unspecified atom stereocenters. The first kappa shape index (κ1) is 53.0. The van der Waals surface area contributed by atoms with Crippen molar-refractivity contribution in [3.8, 4) is 33.4 Å². The molecule has 0 spiro atoms. The molecule has 1 atom stereocenters. The molecule has 1 aliphatic carbocycles. The van der Waals surface area contributed by atoms with Crippen molar-refractivity contribution < 1.29 is 9.47 Å². The van der Waals surface area contributed by atoms with Gasteiger partial charge in [-0.1, -0.05) is 195 Å². The second-order valence-corrected chi connectivity index (χ2v) is 26.1. The summed E-state index contributed by atoms with van der Waals surface area (Å²) >= 11 is 0. The molecule has 0 bridgehead atoms. The average Bonchev–Trinajstić information content (AvgIpc) is 1.88. The summed E-state index contributed by atoms with van der Waals surface area (Å²) in [6, 6.07) is 77.7. The Labute approximate surface area is 487 Å². The topological polar surface area (TPSA) is 28.2 Å². The van der Waals surface area contributed by atoms with Crippen molar-refractivity contribution in [3.05, 3.63) is 252 Å². The monoisotopic (exact) mass is 1070 g/mol. The van der Waals surface area contributed by atoms with Crippen molar-refractivity contribution in [1.29, 1.82) is 0 Å². The Hall–Kier alpha value is -8.32. The number of fused-ring (bicyclic) bond motifs is 4. The molecule has 9 aromatic carbocycles. The molecule has 82 heavy (non-hydrogen) atoms. The highest BCUT2D eigenvalue weighted by Crippen LogP contribution is 2.52. The molecule has 0 radical (unpaired) electrons. The molecular formula is C76H74BN3O2. The van der Waals surface area contributed by atoms with E-state index in [1.54, 1.807) is 0 Å². The zero-order chi connectivity index (χ0) is 56.7. The van der Waals surface area contributed by atoms with Gasteiger partial charge < -0.3 is 24.2 Å². The molecule has 3 aliphatic heterocycles. The normalized spacial score (nSPS) is 15.9. The number of rotatable bonds is 8. The van der Waals surface area contributed by atoms with Crippen LogP contribution in [0.15, 0.2) is 229 Å². The summed E-state index contributed by atoms with van der Waals surface area (Å²) in [7, 11) is 0. The Morgan fingerprint density at radius 2 is 1.01 bits per heavy atom. The highest BCUT2D eigenvalue weighted by molar-refractivity contribution is 6.95. The van der Waals surface area contributed by atoms with Crippen LogP contribution in [0.4, 0.5) is 45.5 Å². The number of hydrogen-bond donors (Lipinski definition) is 0. The predicted molar refractivity (Wildman–Crippen MR) is 347 cm³/mol. The first-order chi connectivity index (χ1) is 39.5. The van der Waals surface area contributed by atoms with E-state index >= 15 is 0 Å². The van der Waals surface area contributed by atoms with Gasteiger partial charge in [0.15, 0.2) is 0 Å². The molecule has 4 aliphatic rings. The summed E-state index contributed by atoms with van der Waals surface area (Å²) in [6.07, 6.45) is 3.69. The summed E-state index contributed by atoms with van der Waals surface area (Å²) in [6.45, 7) is 24.2. The van der Waals surface area contributed by atoms with Crippen LogP contribution in [-0.4, -0.2) is 26.0 Å². The minimum atomic E-state index is -0.198. The van der Waals surface area contributed by atoms with Crippen LogP contribution in [-0.2, 0) is 25.7 Å². The fourth-order valence-corrected chi connectivity index (χ4v) is 12.8. The molecule has 0 saturated carbocycles. The third-order valence-corrected chi connectivity index (χ3v) is 17.2. The van der Waals surface area contributed by atoms with E-state index in [1.165, 1.54) is 72.3 Å². The van der Waals surface area contributed by atoms with Crippen LogP contribution in [0.5, 0.6) is 0 Å². The van der Waals surface area contributed by atoms with Gasteiger partial charge in [0.05, 0.1) is 18.9 Å². The summed E-state index contributed by atoms with van der Waals surface area (Å²) in [4.78, 5) is 7.59. The maximum absolute atomic E-state index is 6.82. The third-order valence-electron chi connectivity index (χ3n) is 17.2.